The van der Waals surface area contributed by atoms with E-state index in [-0.39, 0.29) is 23.0 Å². The van der Waals surface area contributed by atoms with Crippen molar-refractivity contribution in [2.24, 2.45) is 0 Å². The Bertz CT molecular complexity index is 984. The summed E-state index contributed by atoms with van der Waals surface area (Å²) in [6.45, 7) is 1.88. The van der Waals surface area contributed by atoms with Crippen molar-refractivity contribution in [2.45, 2.75) is 55.5 Å². The van der Waals surface area contributed by atoms with E-state index in [4.69, 9.17) is 0 Å². The highest BCUT2D eigenvalue weighted by Gasteiger charge is 2.24. The second-order valence-corrected chi connectivity index (χ2v) is 8.90. The number of thioether (sulfide) groups is 1. The lowest BCUT2D eigenvalue weighted by Crippen LogP contribution is -2.40. The number of carbonyl (C=O) groups is 1. The quantitative estimate of drug-likeness (QED) is 0.566. The lowest BCUT2D eigenvalue weighted by atomic mass is 9.95. The van der Waals surface area contributed by atoms with Gasteiger partial charge >= 0.3 is 0 Å². The molecule has 3 aromatic rings. The minimum atomic E-state index is -0.320. The maximum Gasteiger partial charge on any atom is 0.233 e. The van der Waals surface area contributed by atoms with Crippen molar-refractivity contribution < 1.29 is 9.18 Å². The first kappa shape index (κ1) is 20.6. The number of benzene rings is 2. The van der Waals surface area contributed by atoms with Crippen LogP contribution in [0.15, 0.2) is 59.8 Å². The van der Waals surface area contributed by atoms with Crippen molar-refractivity contribution in [3.8, 4) is 17.1 Å². The monoisotopic (exact) mass is 424 g/mol. The van der Waals surface area contributed by atoms with Gasteiger partial charge in [0.25, 0.3) is 0 Å². The van der Waals surface area contributed by atoms with Gasteiger partial charge < -0.3 is 5.32 Å². The van der Waals surface area contributed by atoms with Crippen LogP contribution < -0.4 is 5.32 Å². The lowest BCUT2D eigenvalue weighted by molar-refractivity contribution is -0.121. The molecule has 1 aromatic heterocycles. The number of aromatic nitrogens is 3. The summed E-state index contributed by atoms with van der Waals surface area (Å²) in [5.74, 6) is 0.369. The molecule has 0 saturated heterocycles. The third-order valence-corrected chi connectivity index (χ3v) is 6.40. The smallest absolute Gasteiger partial charge is 0.233 e. The predicted molar refractivity (Wildman–Crippen MR) is 117 cm³/mol. The van der Waals surface area contributed by atoms with Gasteiger partial charge in [0.1, 0.15) is 5.82 Å². The largest absolute Gasteiger partial charge is 0.352 e. The Hall–Kier alpha value is -2.67. The Morgan fingerprint density at radius 2 is 1.77 bits per heavy atom. The van der Waals surface area contributed by atoms with E-state index in [1.807, 2.05) is 41.8 Å². The fourth-order valence-electron chi connectivity index (χ4n) is 3.72. The molecule has 0 radical (unpaired) electrons. The van der Waals surface area contributed by atoms with E-state index in [1.54, 1.807) is 12.1 Å². The zero-order chi connectivity index (χ0) is 20.9. The number of amides is 1. The summed E-state index contributed by atoms with van der Waals surface area (Å²) in [5, 5.41) is 12.2. The number of hydrogen-bond donors (Lipinski definition) is 1. The van der Waals surface area contributed by atoms with Crippen LogP contribution in [0.5, 0.6) is 0 Å². The van der Waals surface area contributed by atoms with E-state index in [0.29, 0.717) is 11.0 Å². The Kier molecular flexibility index (Phi) is 6.47. The molecule has 1 heterocycles. The van der Waals surface area contributed by atoms with E-state index in [9.17, 15) is 9.18 Å². The van der Waals surface area contributed by atoms with Crippen LogP contribution in [-0.2, 0) is 4.79 Å². The van der Waals surface area contributed by atoms with E-state index < -0.39 is 0 Å². The predicted octanol–water partition coefficient (Wildman–Crippen LogP) is 5.00. The van der Waals surface area contributed by atoms with Gasteiger partial charge in [0.05, 0.1) is 5.25 Å². The Morgan fingerprint density at radius 1 is 1.07 bits per heavy atom. The Labute approximate surface area is 180 Å². The van der Waals surface area contributed by atoms with Gasteiger partial charge in [-0.1, -0.05) is 61.4 Å². The molecule has 0 aliphatic heterocycles. The molecular weight excluding hydrogens is 399 g/mol. The summed E-state index contributed by atoms with van der Waals surface area (Å²) in [6, 6.07) is 16.2. The van der Waals surface area contributed by atoms with E-state index in [1.165, 1.54) is 43.2 Å². The van der Waals surface area contributed by atoms with Gasteiger partial charge in [0, 0.05) is 17.3 Å². The lowest BCUT2D eigenvalue weighted by Gasteiger charge is -2.24. The van der Waals surface area contributed by atoms with Crippen LogP contribution in [0.25, 0.3) is 17.1 Å². The topological polar surface area (TPSA) is 59.8 Å². The average Bonchev–Trinajstić information content (AvgIpc) is 3.19. The van der Waals surface area contributed by atoms with Crippen LogP contribution in [0, 0.1) is 5.82 Å². The highest BCUT2D eigenvalue weighted by atomic mass is 32.2. The standard InChI is InChI=1S/C23H25FN4OS/c1-16(22(29)25-19-10-6-3-7-11-19)30-23-27-26-21(17-8-4-2-5-9-17)28(23)20-14-12-18(24)13-15-20/h2,4-5,8-9,12-16,19H,3,6-7,10-11H2,1H3,(H,25,29). The molecule has 2 aromatic carbocycles. The number of hydrogen-bond acceptors (Lipinski definition) is 4. The van der Waals surface area contributed by atoms with Gasteiger partial charge in [-0.2, -0.15) is 0 Å². The first-order valence-electron chi connectivity index (χ1n) is 10.4. The van der Waals surface area contributed by atoms with Crippen LogP contribution in [-0.4, -0.2) is 32.0 Å². The van der Waals surface area contributed by atoms with Crippen LogP contribution in [0.1, 0.15) is 39.0 Å². The van der Waals surface area contributed by atoms with Crippen molar-refractivity contribution in [1.29, 1.82) is 0 Å². The Balaban J connectivity index is 1.60. The van der Waals surface area contributed by atoms with Gasteiger partial charge in [-0.15, -0.1) is 10.2 Å². The molecule has 30 heavy (non-hydrogen) atoms. The van der Waals surface area contributed by atoms with Gasteiger partial charge in [-0.05, 0) is 44.0 Å². The summed E-state index contributed by atoms with van der Waals surface area (Å²) in [6.07, 6.45) is 5.69. The molecule has 156 valence electrons. The van der Waals surface area contributed by atoms with Crippen LogP contribution in [0.4, 0.5) is 4.39 Å². The van der Waals surface area contributed by atoms with Gasteiger partial charge in [-0.25, -0.2) is 4.39 Å². The van der Waals surface area contributed by atoms with Crippen LogP contribution in [0.3, 0.4) is 0 Å². The van der Waals surface area contributed by atoms with Gasteiger partial charge in [0.15, 0.2) is 11.0 Å². The number of nitrogens with zero attached hydrogens (tertiary/aromatic N) is 3. The molecule has 1 fully saturated rings. The second-order valence-electron chi connectivity index (χ2n) is 7.59. The Morgan fingerprint density at radius 3 is 2.47 bits per heavy atom. The van der Waals surface area contributed by atoms with Crippen molar-refractivity contribution in [1.82, 2.24) is 20.1 Å². The normalized spacial score (nSPS) is 15.7. The SMILES string of the molecule is CC(Sc1nnc(-c2ccccc2)n1-c1ccc(F)cc1)C(=O)NC1CCCCC1. The van der Waals surface area contributed by atoms with Crippen LogP contribution >= 0.6 is 11.8 Å². The van der Waals surface area contributed by atoms with Crippen molar-refractivity contribution in [3.05, 3.63) is 60.4 Å². The zero-order valence-corrected chi connectivity index (χ0v) is 17.7. The number of carbonyl (C=O) groups excluding carboxylic acids is 1. The highest BCUT2D eigenvalue weighted by molar-refractivity contribution is 8.00. The molecular formula is C23H25FN4OS. The molecule has 0 spiro atoms. The maximum absolute atomic E-state index is 13.5. The summed E-state index contributed by atoms with van der Waals surface area (Å²) < 4.78 is 15.4. The van der Waals surface area contributed by atoms with Crippen LogP contribution in [0.2, 0.25) is 0 Å². The molecule has 1 saturated carbocycles. The van der Waals surface area contributed by atoms with E-state index in [0.717, 1.165) is 24.1 Å². The molecule has 0 bridgehead atoms. The first-order valence-corrected chi connectivity index (χ1v) is 11.2. The number of halogens is 1. The molecule has 1 aliphatic rings. The summed E-state index contributed by atoms with van der Waals surface area (Å²) >= 11 is 1.36. The first-order chi connectivity index (χ1) is 14.6. The van der Waals surface area contributed by atoms with E-state index >= 15 is 0 Å². The average molecular weight is 425 g/mol. The fraction of sp³-hybridized carbons (Fsp3) is 0.348. The fourth-order valence-corrected chi connectivity index (χ4v) is 4.60. The van der Waals surface area contributed by atoms with Crippen molar-refractivity contribution >= 4 is 17.7 Å². The van der Waals surface area contributed by atoms with Crippen molar-refractivity contribution in [2.75, 3.05) is 0 Å². The number of nitrogens with one attached hydrogen (secondary N) is 1. The molecule has 1 unspecified atom stereocenters. The molecule has 1 aliphatic carbocycles. The molecule has 1 N–H and O–H groups in total. The zero-order valence-electron chi connectivity index (χ0n) is 16.9. The van der Waals surface area contributed by atoms with Crippen molar-refractivity contribution in [3.63, 3.8) is 0 Å². The minimum absolute atomic E-state index is 0.0156. The summed E-state index contributed by atoms with van der Waals surface area (Å²) in [4.78, 5) is 12.7. The minimum Gasteiger partial charge on any atom is -0.352 e. The highest BCUT2D eigenvalue weighted by Crippen LogP contribution is 2.30. The van der Waals surface area contributed by atoms with Gasteiger partial charge in [-0.3, -0.25) is 9.36 Å². The summed E-state index contributed by atoms with van der Waals surface area (Å²) in [7, 11) is 0. The van der Waals surface area contributed by atoms with Gasteiger partial charge in [0.2, 0.25) is 5.91 Å². The summed E-state index contributed by atoms with van der Waals surface area (Å²) in [5.41, 5.74) is 1.66. The third kappa shape index (κ3) is 4.73. The molecule has 1 amide bonds. The maximum atomic E-state index is 13.5. The molecule has 7 heteroatoms. The molecule has 5 nitrogen and oxygen atoms in total. The second kappa shape index (κ2) is 9.43. The third-order valence-electron chi connectivity index (χ3n) is 5.35. The van der Waals surface area contributed by atoms with E-state index in [2.05, 4.69) is 15.5 Å². The molecule has 1 atom stereocenters. The number of rotatable bonds is 6. The molecule has 4 rings (SSSR count).